The fraction of sp³-hybridized carbons (Fsp3) is 0.150. The molecule has 1 aromatic carbocycles. The Morgan fingerprint density at radius 2 is 1.46 bits per heavy atom. The molecule has 0 spiro atoms. The molecule has 0 saturated heterocycles. The molecule has 2 heterocycles. The van der Waals surface area contributed by atoms with Crippen molar-refractivity contribution in [1.82, 2.24) is 15.3 Å². The Morgan fingerprint density at radius 1 is 0.923 bits per heavy atom. The zero-order valence-electron chi connectivity index (χ0n) is 14.1. The number of rotatable bonds is 7. The molecule has 5 nitrogen and oxygen atoms in total. The van der Waals surface area contributed by atoms with Gasteiger partial charge in [-0.2, -0.15) is 0 Å². The lowest BCUT2D eigenvalue weighted by Gasteiger charge is -2.33. The van der Waals surface area contributed by atoms with Gasteiger partial charge in [0.1, 0.15) is 5.54 Å². The van der Waals surface area contributed by atoms with Crippen LogP contribution in [0.1, 0.15) is 16.7 Å². The summed E-state index contributed by atoms with van der Waals surface area (Å²) >= 11 is 3.44. The lowest BCUT2D eigenvalue weighted by molar-refractivity contribution is -0.125. The molecule has 6 heteroatoms. The third-order valence-corrected chi connectivity index (χ3v) is 4.85. The number of halogens is 1. The van der Waals surface area contributed by atoms with Crippen molar-refractivity contribution in [3.05, 3.63) is 94.5 Å². The molecule has 0 bridgehead atoms. The number of pyridine rings is 2. The van der Waals surface area contributed by atoms with Crippen molar-refractivity contribution < 1.29 is 4.79 Å². The molecule has 0 aliphatic rings. The van der Waals surface area contributed by atoms with Crippen LogP contribution in [0.3, 0.4) is 0 Å². The predicted molar refractivity (Wildman–Crippen MR) is 104 cm³/mol. The minimum atomic E-state index is -1.04. The molecule has 26 heavy (non-hydrogen) atoms. The zero-order chi connectivity index (χ0) is 18.4. The quantitative estimate of drug-likeness (QED) is 0.627. The highest BCUT2D eigenvalue weighted by atomic mass is 79.9. The highest BCUT2D eigenvalue weighted by Gasteiger charge is 2.38. The number of benzene rings is 1. The topological polar surface area (TPSA) is 80.9 Å². The molecular formula is C20H19BrN4O. The summed E-state index contributed by atoms with van der Waals surface area (Å²) in [6.45, 7) is 0.493. The molecule has 0 fully saturated rings. The maximum absolute atomic E-state index is 12.7. The minimum Gasteiger partial charge on any atom is -0.368 e. The Kier molecular flexibility index (Phi) is 5.75. The number of nitrogens with zero attached hydrogens (tertiary/aromatic N) is 2. The Balaban J connectivity index is 1.99. The van der Waals surface area contributed by atoms with Crippen LogP contribution in [-0.4, -0.2) is 15.9 Å². The fourth-order valence-corrected chi connectivity index (χ4v) is 3.14. The number of nitrogens with one attached hydrogen (secondary N) is 1. The van der Waals surface area contributed by atoms with E-state index in [4.69, 9.17) is 5.73 Å². The molecule has 0 aliphatic carbocycles. The fourth-order valence-electron chi connectivity index (χ4n) is 2.88. The number of carbonyl (C=O) groups excluding carboxylic acids is 1. The minimum absolute atomic E-state index is 0.425. The number of primary amides is 1. The molecule has 0 saturated carbocycles. The summed E-state index contributed by atoms with van der Waals surface area (Å²) in [5.41, 5.74) is 7.70. The zero-order valence-corrected chi connectivity index (χ0v) is 15.7. The van der Waals surface area contributed by atoms with Gasteiger partial charge in [-0.3, -0.25) is 20.1 Å². The van der Waals surface area contributed by atoms with E-state index in [0.717, 1.165) is 21.2 Å². The van der Waals surface area contributed by atoms with E-state index in [1.54, 1.807) is 24.8 Å². The average molecular weight is 411 g/mol. The summed E-state index contributed by atoms with van der Waals surface area (Å²) in [7, 11) is 0. The van der Waals surface area contributed by atoms with Crippen LogP contribution in [0.2, 0.25) is 0 Å². The third-order valence-electron chi connectivity index (χ3n) is 4.32. The molecule has 132 valence electrons. The van der Waals surface area contributed by atoms with Gasteiger partial charge < -0.3 is 5.73 Å². The number of carbonyl (C=O) groups is 1. The van der Waals surface area contributed by atoms with E-state index < -0.39 is 11.4 Å². The van der Waals surface area contributed by atoms with Crippen LogP contribution >= 0.6 is 15.9 Å². The second kappa shape index (κ2) is 8.21. The molecule has 2 aromatic heterocycles. The first kappa shape index (κ1) is 18.2. The highest BCUT2D eigenvalue weighted by Crippen LogP contribution is 2.28. The van der Waals surface area contributed by atoms with Crippen molar-refractivity contribution in [2.24, 2.45) is 5.73 Å². The van der Waals surface area contributed by atoms with E-state index in [1.165, 1.54) is 0 Å². The standard InChI is InChI=1S/C20H19BrN4O/c21-18-3-1-17(2-4-18)20(19(22)26,13-15-5-9-23-10-6-15)25-14-16-7-11-24-12-8-16/h1-12,25H,13-14H2,(H2,22,26). The van der Waals surface area contributed by atoms with Crippen LogP contribution in [0.4, 0.5) is 0 Å². The number of hydrogen-bond acceptors (Lipinski definition) is 4. The van der Waals surface area contributed by atoms with Crippen LogP contribution in [0, 0.1) is 0 Å². The van der Waals surface area contributed by atoms with Gasteiger partial charge in [-0.25, -0.2) is 0 Å². The maximum atomic E-state index is 12.7. The van der Waals surface area contributed by atoms with Crippen molar-refractivity contribution >= 4 is 21.8 Å². The largest absolute Gasteiger partial charge is 0.368 e. The Bertz CT molecular complexity index is 856. The van der Waals surface area contributed by atoms with E-state index in [2.05, 4.69) is 31.2 Å². The first-order valence-electron chi connectivity index (χ1n) is 8.19. The van der Waals surface area contributed by atoms with E-state index in [0.29, 0.717) is 13.0 Å². The van der Waals surface area contributed by atoms with Crippen molar-refractivity contribution in [3.63, 3.8) is 0 Å². The number of nitrogens with two attached hydrogens (primary N) is 1. The summed E-state index contributed by atoms with van der Waals surface area (Å²) in [6.07, 6.45) is 7.31. The predicted octanol–water partition coefficient (Wildman–Crippen LogP) is 2.95. The molecular weight excluding hydrogens is 392 g/mol. The normalized spacial score (nSPS) is 13.1. The molecule has 1 atom stereocenters. The van der Waals surface area contributed by atoms with Gasteiger partial charge in [-0.05, 0) is 53.1 Å². The van der Waals surface area contributed by atoms with Gasteiger partial charge in [0.05, 0.1) is 0 Å². The second-order valence-corrected chi connectivity index (χ2v) is 6.93. The average Bonchev–Trinajstić information content (AvgIpc) is 2.67. The third kappa shape index (κ3) is 4.15. The van der Waals surface area contributed by atoms with Gasteiger partial charge >= 0.3 is 0 Å². The van der Waals surface area contributed by atoms with Gasteiger partial charge in [0.15, 0.2) is 0 Å². The first-order valence-corrected chi connectivity index (χ1v) is 8.98. The monoisotopic (exact) mass is 410 g/mol. The molecule has 1 unspecified atom stereocenters. The van der Waals surface area contributed by atoms with Gasteiger partial charge in [0, 0.05) is 42.2 Å². The van der Waals surface area contributed by atoms with Crippen molar-refractivity contribution in [3.8, 4) is 0 Å². The molecule has 0 aliphatic heterocycles. The van der Waals surface area contributed by atoms with E-state index >= 15 is 0 Å². The number of amides is 1. The Hall–Kier alpha value is -2.57. The summed E-state index contributed by atoms with van der Waals surface area (Å²) in [6, 6.07) is 15.3. The van der Waals surface area contributed by atoms with E-state index in [1.807, 2.05) is 48.5 Å². The molecule has 1 amide bonds. The van der Waals surface area contributed by atoms with E-state index in [9.17, 15) is 4.79 Å². The molecule has 0 radical (unpaired) electrons. The van der Waals surface area contributed by atoms with Gasteiger partial charge in [0.2, 0.25) is 5.91 Å². The van der Waals surface area contributed by atoms with Crippen LogP contribution in [0.15, 0.2) is 77.8 Å². The molecule has 3 rings (SSSR count). The number of hydrogen-bond donors (Lipinski definition) is 2. The Morgan fingerprint density at radius 3 is 2.00 bits per heavy atom. The summed E-state index contributed by atoms with van der Waals surface area (Å²) in [5, 5.41) is 3.40. The van der Waals surface area contributed by atoms with Crippen molar-refractivity contribution in [1.29, 1.82) is 0 Å². The summed E-state index contributed by atoms with van der Waals surface area (Å²) in [4.78, 5) is 20.7. The van der Waals surface area contributed by atoms with Crippen LogP contribution in [-0.2, 0) is 23.3 Å². The van der Waals surface area contributed by atoms with Crippen molar-refractivity contribution in [2.75, 3.05) is 0 Å². The molecule has 3 aromatic rings. The second-order valence-electron chi connectivity index (χ2n) is 6.02. The number of aromatic nitrogens is 2. The molecule has 3 N–H and O–H groups in total. The van der Waals surface area contributed by atoms with Crippen LogP contribution in [0.25, 0.3) is 0 Å². The van der Waals surface area contributed by atoms with Gasteiger partial charge in [-0.15, -0.1) is 0 Å². The maximum Gasteiger partial charge on any atom is 0.242 e. The van der Waals surface area contributed by atoms with Gasteiger partial charge in [-0.1, -0.05) is 28.1 Å². The summed E-state index contributed by atoms with van der Waals surface area (Å²) in [5.74, 6) is -0.425. The van der Waals surface area contributed by atoms with E-state index in [-0.39, 0.29) is 0 Å². The lowest BCUT2D eigenvalue weighted by Crippen LogP contribution is -2.54. The van der Waals surface area contributed by atoms with Crippen LogP contribution < -0.4 is 11.1 Å². The SMILES string of the molecule is NC(=O)C(Cc1ccncc1)(NCc1ccncc1)c1ccc(Br)cc1. The summed E-state index contributed by atoms with van der Waals surface area (Å²) < 4.78 is 0.942. The lowest BCUT2D eigenvalue weighted by atomic mass is 9.83. The Labute approximate surface area is 160 Å². The first-order chi connectivity index (χ1) is 12.6. The van der Waals surface area contributed by atoms with Crippen LogP contribution in [0.5, 0.6) is 0 Å². The smallest absolute Gasteiger partial charge is 0.242 e. The van der Waals surface area contributed by atoms with Gasteiger partial charge in [0.25, 0.3) is 0 Å². The highest BCUT2D eigenvalue weighted by molar-refractivity contribution is 9.10. The van der Waals surface area contributed by atoms with Crippen molar-refractivity contribution in [2.45, 2.75) is 18.5 Å².